The van der Waals surface area contributed by atoms with E-state index in [1.54, 1.807) is 11.3 Å². The molecule has 1 saturated heterocycles. The molecule has 0 spiro atoms. The number of carbonyl (C=O) groups excluding carboxylic acids is 1. The molecular weight excluding hydrogens is 507 g/mol. The Kier molecular flexibility index (Phi) is 6.67. The molecule has 0 saturated carbocycles. The Morgan fingerprint density at radius 2 is 2.20 bits per heavy atom. The zero-order valence-corrected chi connectivity index (χ0v) is 20.8. The number of nitrogens with zero attached hydrogens (tertiary/aromatic N) is 3. The van der Waals surface area contributed by atoms with Gasteiger partial charge in [0.05, 0.1) is 12.2 Å². The predicted octanol–water partition coefficient (Wildman–Crippen LogP) is 5.51. The second-order valence-electron chi connectivity index (χ2n) is 8.64. The number of anilines is 1. The summed E-state index contributed by atoms with van der Waals surface area (Å²) in [7, 11) is 0. The van der Waals surface area contributed by atoms with Crippen molar-refractivity contribution in [1.82, 2.24) is 14.9 Å². The molecule has 2 aromatic rings. The molecule has 1 aliphatic carbocycles. The van der Waals surface area contributed by atoms with Crippen LogP contribution in [-0.4, -0.2) is 28.5 Å². The van der Waals surface area contributed by atoms with Gasteiger partial charge in [0.2, 0.25) is 0 Å². The molecule has 160 valence electrons. The monoisotopic (exact) mass is 536 g/mol. The molecule has 2 unspecified atom stereocenters. The van der Waals surface area contributed by atoms with Crippen LogP contribution in [0.4, 0.5) is 5.13 Å². The molecule has 2 aliphatic rings. The Hall–Kier alpha value is -1.61. The van der Waals surface area contributed by atoms with Crippen molar-refractivity contribution in [2.24, 2.45) is 11.8 Å². The summed E-state index contributed by atoms with van der Waals surface area (Å²) in [6.07, 6.45) is 9.67. The summed E-state index contributed by atoms with van der Waals surface area (Å²) < 4.78 is 3.34. The van der Waals surface area contributed by atoms with E-state index in [1.807, 2.05) is 29.8 Å². The zero-order valence-electron chi connectivity index (χ0n) is 17.8. The van der Waals surface area contributed by atoms with Crippen molar-refractivity contribution in [2.75, 3.05) is 18.0 Å². The Balaban J connectivity index is 1.48. The minimum absolute atomic E-state index is 0.0492. The van der Waals surface area contributed by atoms with E-state index in [0.717, 1.165) is 47.5 Å². The summed E-state index contributed by atoms with van der Waals surface area (Å²) in [6.45, 7) is 9.29. The average molecular weight is 536 g/mol. The minimum atomic E-state index is -0.0492. The van der Waals surface area contributed by atoms with Crippen molar-refractivity contribution in [3.63, 3.8) is 0 Å². The SMILES string of the molecule is Cc1cc(C(=O)NC2=CC=C(I)CC2C)n(Cc2csc(N3CCCC(C)C3)n2)c1. The molecule has 0 aromatic carbocycles. The Morgan fingerprint density at radius 3 is 2.97 bits per heavy atom. The van der Waals surface area contributed by atoms with Crippen LogP contribution in [0, 0.1) is 18.8 Å². The number of nitrogens with one attached hydrogen (secondary N) is 1. The van der Waals surface area contributed by atoms with E-state index in [1.165, 1.54) is 16.4 Å². The van der Waals surface area contributed by atoms with Crippen molar-refractivity contribution in [2.45, 2.75) is 46.6 Å². The first-order chi connectivity index (χ1) is 14.4. The second-order valence-corrected chi connectivity index (χ2v) is 10.9. The smallest absolute Gasteiger partial charge is 0.272 e. The normalized spacial score (nSPS) is 21.9. The van der Waals surface area contributed by atoms with Gasteiger partial charge in [-0.05, 0) is 76.0 Å². The summed E-state index contributed by atoms with van der Waals surface area (Å²) in [5, 5.41) is 6.37. The third-order valence-corrected chi connectivity index (χ3v) is 7.55. The van der Waals surface area contributed by atoms with Gasteiger partial charge in [-0.15, -0.1) is 11.3 Å². The number of amides is 1. The number of thiazole rings is 1. The average Bonchev–Trinajstić information content (AvgIpc) is 3.31. The maximum Gasteiger partial charge on any atom is 0.272 e. The predicted molar refractivity (Wildman–Crippen MR) is 132 cm³/mol. The summed E-state index contributed by atoms with van der Waals surface area (Å²) >= 11 is 4.07. The van der Waals surface area contributed by atoms with Gasteiger partial charge >= 0.3 is 0 Å². The van der Waals surface area contributed by atoms with Crippen LogP contribution in [0.15, 0.2) is 39.1 Å². The fourth-order valence-corrected chi connectivity index (χ4v) is 5.90. The summed E-state index contributed by atoms with van der Waals surface area (Å²) in [4.78, 5) is 20.3. The van der Waals surface area contributed by atoms with Gasteiger partial charge in [0.25, 0.3) is 5.91 Å². The van der Waals surface area contributed by atoms with Gasteiger partial charge in [-0.2, -0.15) is 0 Å². The highest BCUT2D eigenvalue weighted by atomic mass is 127. The van der Waals surface area contributed by atoms with Crippen LogP contribution in [0.25, 0.3) is 0 Å². The lowest BCUT2D eigenvalue weighted by Crippen LogP contribution is -2.34. The molecule has 3 heterocycles. The van der Waals surface area contributed by atoms with E-state index < -0.39 is 0 Å². The molecule has 1 fully saturated rings. The summed E-state index contributed by atoms with van der Waals surface area (Å²) in [5.74, 6) is 0.998. The van der Waals surface area contributed by atoms with Gasteiger partial charge in [0, 0.05) is 36.3 Å². The topological polar surface area (TPSA) is 50.2 Å². The number of hydrogen-bond donors (Lipinski definition) is 1. The van der Waals surface area contributed by atoms with Crippen LogP contribution < -0.4 is 10.2 Å². The first-order valence-corrected chi connectivity index (χ1v) is 12.6. The van der Waals surface area contributed by atoms with Gasteiger partial charge in [0.15, 0.2) is 5.13 Å². The first kappa shape index (κ1) is 21.6. The van der Waals surface area contributed by atoms with Crippen molar-refractivity contribution in [1.29, 1.82) is 0 Å². The number of halogens is 1. The van der Waals surface area contributed by atoms with Crippen molar-refractivity contribution in [3.8, 4) is 0 Å². The Bertz CT molecular complexity index is 989. The molecule has 2 aromatic heterocycles. The lowest BCUT2D eigenvalue weighted by Gasteiger charge is -2.30. The molecule has 4 rings (SSSR count). The van der Waals surface area contributed by atoms with Crippen LogP contribution in [0.5, 0.6) is 0 Å². The summed E-state index contributed by atoms with van der Waals surface area (Å²) in [5.41, 5.74) is 3.77. The van der Waals surface area contributed by atoms with Crippen LogP contribution in [0.3, 0.4) is 0 Å². The third-order valence-electron chi connectivity index (χ3n) is 5.80. The Morgan fingerprint density at radius 1 is 1.37 bits per heavy atom. The molecule has 1 aliphatic heterocycles. The molecule has 1 amide bonds. The van der Waals surface area contributed by atoms with E-state index in [2.05, 4.69) is 58.1 Å². The second kappa shape index (κ2) is 9.26. The van der Waals surface area contributed by atoms with Gasteiger partial charge < -0.3 is 14.8 Å². The molecule has 5 nitrogen and oxygen atoms in total. The van der Waals surface area contributed by atoms with E-state index in [0.29, 0.717) is 18.2 Å². The maximum absolute atomic E-state index is 13.0. The first-order valence-electron chi connectivity index (χ1n) is 10.6. The van der Waals surface area contributed by atoms with Gasteiger partial charge in [-0.25, -0.2) is 4.98 Å². The number of aromatic nitrogens is 2. The molecule has 7 heteroatoms. The third kappa shape index (κ3) is 4.99. The molecule has 0 radical (unpaired) electrons. The quantitative estimate of drug-likeness (QED) is 0.513. The number of rotatable bonds is 5. The van der Waals surface area contributed by atoms with Gasteiger partial charge in [0.1, 0.15) is 5.69 Å². The fourth-order valence-electron chi connectivity index (χ4n) is 4.20. The number of hydrogen-bond acceptors (Lipinski definition) is 4. The summed E-state index contributed by atoms with van der Waals surface area (Å²) in [6, 6.07) is 1.96. The largest absolute Gasteiger partial charge is 0.348 e. The fraction of sp³-hybridized carbons (Fsp3) is 0.478. The maximum atomic E-state index is 13.0. The van der Waals surface area contributed by atoms with E-state index in [9.17, 15) is 4.79 Å². The highest BCUT2D eigenvalue weighted by Crippen LogP contribution is 2.28. The molecule has 2 atom stereocenters. The lowest BCUT2D eigenvalue weighted by atomic mass is 9.99. The highest BCUT2D eigenvalue weighted by molar-refractivity contribution is 14.1. The number of allylic oxidation sites excluding steroid dienone is 4. The number of piperidine rings is 1. The standard InChI is InChI=1S/C23H29IN4OS/c1-15-5-4-8-27(11-15)23-25-19(14-30-23)13-28-12-16(2)9-21(28)22(29)26-20-7-6-18(24)10-17(20)3/h6-7,9,12,14-15,17H,4-5,8,10-11,13H2,1-3H3,(H,26,29). The van der Waals surface area contributed by atoms with Gasteiger partial charge in [-0.3, -0.25) is 4.79 Å². The van der Waals surface area contributed by atoms with Crippen LogP contribution in [0.1, 0.15) is 54.9 Å². The van der Waals surface area contributed by atoms with E-state index in [4.69, 9.17) is 4.98 Å². The molecule has 1 N–H and O–H groups in total. The highest BCUT2D eigenvalue weighted by Gasteiger charge is 2.21. The Labute approximate surface area is 196 Å². The zero-order chi connectivity index (χ0) is 21.3. The van der Waals surface area contributed by atoms with Crippen LogP contribution >= 0.6 is 33.9 Å². The van der Waals surface area contributed by atoms with E-state index in [-0.39, 0.29) is 5.91 Å². The van der Waals surface area contributed by atoms with Crippen molar-refractivity contribution >= 4 is 45.0 Å². The molecule has 0 bridgehead atoms. The van der Waals surface area contributed by atoms with Crippen molar-refractivity contribution < 1.29 is 4.79 Å². The van der Waals surface area contributed by atoms with Gasteiger partial charge in [-0.1, -0.05) is 19.9 Å². The molecular formula is C23H29IN4OS. The van der Waals surface area contributed by atoms with E-state index >= 15 is 0 Å². The number of carbonyl (C=O) groups is 1. The molecule has 30 heavy (non-hydrogen) atoms. The lowest BCUT2D eigenvalue weighted by molar-refractivity contribution is 0.0953. The minimum Gasteiger partial charge on any atom is -0.348 e. The van der Waals surface area contributed by atoms with Crippen LogP contribution in [-0.2, 0) is 6.54 Å². The number of aryl methyl sites for hydroxylation is 1. The van der Waals surface area contributed by atoms with Crippen LogP contribution in [0.2, 0.25) is 0 Å². The van der Waals surface area contributed by atoms with Crippen molar-refractivity contribution in [3.05, 3.63) is 56.0 Å².